The molecule has 0 bridgehead atoms. The normalized spacial score (nSPS) is 24.4. The maximum Gasteiger partial charge on any atom is 0.516 e. The molecule has 1 saturated carbocycles. The SMILES string of the molecule is Cc1sccc1CC[C@H](O)/C=C/[C@@H]1[C@@H](C/C=C\CCCC(=O)NS(=O)(=O)C(F)(F)F)[C@@H](O)C[C@H]1O. The van der Waals surface area contributed by atoms with E-state index in [2.05, 4.69) is 0 Å². The van der Waals surface area contributed by atoms with Crippen LogP contribution in [0.15, 0.2) is 35.8 Å². The van der Waals surface area contributed by atoms with Gasteiger partial charge in [-0.15, -0.1) is 11.3 Å². The molecule has 4 N–H and O–H groups in total. The van der Waals surface area contributed by atoms with Crippen LogP contribution >= 0.6 is 11.3 Å². The average Bonchev–Trinajstić information content (AvgIpc) is 3.27. The van der Waals surface area contributed by atoms with Crippen LogP contribution in [0.25, 0.3) is 0 Å². The molecule has 0 aromatic carbocycles. The molecular weight excluding hydrogens is 507 g/mol. The predicted octanol–water partition coefficient (Wildman–Crippen LogP) is 3.35. The van der Waals surface area contributed by atoms with Crippen molar-refractivity contribution < 1.29 is 41.7 Å². The van der Waals surface area contributed by atoms with Gasteiger partial charge in [0.2, 0.25) is 5.91 Å². The number of allylic oxidation sites excluding steroid dienone is 2. The Balaban J connectivity index is 1.78. The van der Waals surface area contributed by atoms with Gasteiger partial charge in [0.25, 0.3) is 0 Å². The smallest absolute Gasteiger partial charge is 0.393 e. The first-order valence-electron chi connectivity index (χ1n) is 11.3. The molecular formula is C23H32F3NO6S2. The molecule has 1 aliphatic carbocycles. The lowest BCUT2D eigenvalue weighted by molar-refractivity contribution is -0.120. The lowest BCUT2D eigenvalue weighted by atomic mass is 9.89. The molecule has 1 amide bonds. The fourth-order valence-corrected chi connectivity index (χ4v) is 5.32. The molecule has 5 atom stereocenters. The van der Waals surface area contributed by atoms with Gasteiger partial charge < -0.3 is 15.3 Å². The number of alkyl halides is 3. The van der Waals surface area contributed by atoms with E-state index in [-0.39, 0.29) is 24.7 Å². The molecule has 7 nitrogen and oxygen atoms in total. The molecule has 0 unspecified atom stereocenters. The summed E-state index contributed by atoms with van der Waals surface area (Å²) in [7, 11) is -5.69. The summed E-state index contributed by atoms with van der Waals surface area (Å²) in [5, 5.41) is 32.9. The largest absolute Gasteiger partial charge is 0.516 e. The Labute approximate surface area is 207 Å². The van der Waals surface area contributed by atoms with Crippen LogP contribution in [0.1, 0.15) is 49.0 Å². The van der Waals surface area contributed by atoms with Crippen LogP contribution in [0.5, 0.6) is 0 Å². The van der Waals surface area contributed by atoms with Gasteiger partial charge >= 0.3 is 15.5 Å². The molecule has 1 heterocycles. The summed E-state index contributed by atoms with van der Waals surface area (Å²) >= 11 is 1.66. The lowest BCUT2D eigenvalue weighted by Crippen LogP contribution is -2.40. The van der Waals surface area contributed by atoms with Gasteiger partial charge in [-0.2, -0.15) is 21.6 Å². The van der Waals surface area contributed by atoms with Gasteiger partial charge in [0.15, 0.2) is 0 Å². The van der Waals surface area contributed by atoms with E-state index in [9.17, 15) is 41.7 Å². The first-order valence-corrected chi connectivity index (χ1v) is 13.7. The number of aliphatic hydroxyl groups is 3. The number of unbranched alkanes of at least 4 members (excludes halogenated alkanes) is 1. The van der Waals surface area contributed by atoms with Gasteiger partial charge in [-0.1, -0.05) is 24.3 Å². The number of carbonyl (C=O) groups excluding carboxylic acids is 1. The Bertz CT molecular complexity index is 990. The number of thiophene rings is 1. The molecule has 2 rings (SSSR count). The molecule has 198 valence electrons. The summed E-state index contributed by atoms with van der Waals surface area (Å²) in [6.07, 6.45) is 6.70. The van der Waals surface area contributed by atoms with Crippen molar-refractivity contribution in [2.75, 3.05) is 0 Å². The molecule has 12 heteroatoms. The molecule has 1 aromatic heterocycles. The van der Waals surface area contributed by atoms with E-state index < -0.39 is 46.2 Å². The van der Waals surface area contributed by atoms with Gasteiger partial charge in [-0.3, -0.25) is 4.79 Å². The second kappa shape index (κ2) is 13.0. The summed E-state index contributed by atoms with van der Waals surface area (Å²) in [6, 6.07) is 2.03. The average molecular weight is 540 g/mol. The third-order valence-electron chi connectivity index (χ3n) is 6.05. The van der Waals surface area contributed by atoms with E-state index in [4.69, 9.17) is 0 Å². The van der Waals surface area contributed by atoms with Crippen molar-refractivity contribution in [2.45, 2.75) is 75.7 Å². The third-order valence-corrected chi connectivity index (χ3v) is 8.04. The van der Waals surface area contributed by atoms with E-state index in [0.717, 1.165) is 11.1 Å². The zero-order valence-corrected chi connectivity index (χ0v) is 21.0. The molecule has 1 aromatic rings. The number of hydrogen-bond acceptors (Lipinski definition) is 7. The first-order chi connectivity index (χ1) is 16.3. The van der Waals surface area contributed by atoms with E-state index >= 15 is 0 Å². The molecule has 0 radical (unpaired) electrons. The summed E-state index contributed by atoms with van der Waals surface area (Å²) in [4.78, 5) is 12.6. The first kappa shape index (κ1) is 29.5. The number of hydrogen-bond donors (Lipinski definition) is 4. The zero-order valence-electron chi connectivity index (χ0n) is 19.3. The second-order valence-electron chi connectivity index (χ2n) is 8.68. The Hall–Kier alpha value is -1.73. The standard InChI is InChI=1S/C23H32F3NO6S2/c1-15-16(12-13-34-15)8-9-17(28)10-11-19-18(20(29)14-21(19)30)6-4-2-3-5-7-22(31)27-35(32,33)23(24,25)26/h2,4,10-13,17-21,28-30H,3,5-9,14H2,1H3,(H,27,31)/b4-2-,11-10+/t17-,18+,19+,20-,21+/m0/s1. The van der Waals surface area contributed by atoms with Crippen molar-refractivity contribution >= 4 is 27.3 Å². The highest BCUT2D eigenvalue weighted by Gasteiger charge is 2.46. The van der Waals surface area contributed by atoms with Crippen molar-refractivity contribution in [3.05, 3.63) is 46.2 Å². The van der Waals surface area contributed by atoms with Crippen molar-refractivity contribution in [2.24, 2.45) is 11.8 Å². The van der Waals surface area contributed by atoms with Crippen LogP contribution in [-0.2, 0) is 21.2 Å². The van der Waals surface area contributed by atoms with Crippen LogP contribution in [-0.4, -0.2) is 53.5 Å². The van der Waals surface area contributed by atoms with Crippen LogP contribution in [0.3, 0.4) is 0 Å². The molecule has 1 aliphatic rings. The van der Waals surface area contributed by atoms with E-state index in [1.807, 2.05) is 18.4 Å². The number of rotatable bonds is 12. The number of carbonyl (C=O) groups is 1. The summed E-state index contributed by atoms with van der Waals surface area (Å²) in [6.45, 7) is 2.03. The highest BCUT2D eigenvalue weighted by atomic mass is 32.2. The topological polar surface area (TPSA) is 124 Å². The van der Waals surface area contributed by atoms with Crippen LogP contribution in [0.4, 0.5) is 13.2 Å². The maximum absolute atomic E-state index is 12.3. The number of amides is 1. The van der Waals surface area contributed by atoms with Crippen LogP contribution in [0.2, 0.25) is 0 Å². The van der Waals surface area contributed by atoms with Crippen molar-refractivity contribution in [3.63, 3.8) is 0 Å². The Morgan fingerprint density at radius 3 is 2.63 bits per heavy atom. The second-order valence-corrected chi connectivity index (χ2v) is 11.5. The molecule has 1 fully saturated rings. The Morgan fingerprint density at radius 1 is 1.29 bits per heavy atom. The number of sulfonamides is 1. The van der Waals surface area contributed by atoms with Crippen LogP contribution < -0.4 is 4.72 Å². The van der Waals surface area contributed by atoms with Crippen LogP contribution in [0, 0.1) is 18.8 Å². The minimum absolute atomic E-state index is 0.144. The quantitative estimate of drug-likeness (QED) is 0.239. The van der Waals surface area contributed by atoms with Gasteiger partial charge in [0, 0.05) is 23.6 Å². The molecule has 0 spiro atoms. The zero-order chi connectivity index (χ0) is 26.2. The number of halogens is 3. The van der Waals surface area contributed by atoms with Crippen molar-refractivity contribution in [3.8, 4) is 0 Å². The predicted molar refractivity (Wildman–Crippen MR) is 127 cm³/mol. The van der Waals surface area contributed by atoms with E-state index in [1.54, 1.807) is 35.6 Å². The minimum atomic E-state index is -5.69. The Morgan fingerprint density at radius 2 is 2.00 bits per heavy atom. The number of aryl methyl sites for hydroxylation is 2. The van der Waals surface area contributed by atoms with Gasteiger partial charge in [-0.25, -0.2) is 4.72 Å². The molecule has 0 saturated heterocycles. The number of aliphatic hydroxyl groups excluding tert-OH is 3. The van der Waals surface area contributed by atoms with Gasteiger partial charge in [0.05, 0.1) is 18.3 Å². The van der Waals surface area contributed by atoms with Crippen molar-refractivity contribution in [1.29, 1.82) is 0 Å². The summed E-state index contributed by atoms with van der Waals surface area (Å²) in [5.41, 5.74) is -4.35. The van der Waals surface area contributed by atoms with E-state index in [0.29, 0.717) is 19.3 Å². The minimum Gasteiger partial charge on any atom is -0.393 e. The van der Waals surface area contributed by atoms with Gasteiger partial charge in [-0.05, 0) is 62.0 Å². The van der Waals surface area contributed by atoms with E-state index in [1.165, 1.54) is 10.4 Å². The monoisotopic (exact) mass is 539 g/mol. The number of nitrogens with one attached hydrogen (secondary N) is 1. The third kappa shape index (κ3) is 9.02. The lowest BCUT2D eigenvalue weighted by Gasteiger charge is -2.19. The fourth-order valence-electron chi connectivity index (χ4n) is 4.04. The maximum atomic E-state index is 12.3. The van der Waals surface area contributed by atoms with Gasteiger partial charge in [0.1, 0.15) is 0 Å². The fraction of sp³-hybridized carbons (Fsp3) is 0.609. The molecule has 35 heavy (non-hydrogen) atoms. The highest BCUT2D eigenvalue weighted by Crippen LogP contribution is 2.36. The molecule has 0 aliphatic heterocycles. The summed E-state index contributed by atoms with van der Waals surface area (Å²) in [5.74, 6) is -1.85. The highest BCUT2D eigenvalue weighted by molar-refractivity contribution is 7.90. The summed E-state index contributed by atoms with van der Waals surface area (Å²) < 4.78 is 59.6. The Kier molecular flexibility index (Phi) is 11.0. The van der Waals surface area contributed by atoms with Crippen molar-refractivity contribution in [1.82, 2.24) is 4.72 Å².